The first-order valence-electron chi connectivity index (χ1n) is 8.93. The fourth-order valence-electron chi connectivity index (χ4n) is 3.44. The lowest BCUT2D eigenvalue weighted by atomic mass is 9.94. The molecule has 0 saturated heterocycles. The van der Waals surface area contributed by atoms with Crippen molar-refractivity contribution >= 4 is 17.5 Å². The summed E-state index contributed by atoms with van der Waals surface area (Å²) >= 11 is 0. The molecule has 3 aromatic rings. The molecule has 1 aliphatic rings. The molecule has 1 aliphatic heterocycles. The Kier molecular flexibility index (Phi) is 4.86. The van der Waals surface area contributed by atoms with Crippen LogP contribution in [0, 0.1) is 0 Å². The summed E-state index contributed by atoms with van der Waals surface area (Å²) in [7, 11) is 3.14. The summed E-state index contributed by atoms with van der Waals surface area (Å²) in [5.41, 5.74) is 2.48. The Balaban J connectivity index is 1.84. The summed E-state index contributed by atoms with van der Waals surface area (Å²) in [6, 6.07) is 8.51. The number of nitrogens with zero attached hydrogens (tertiary/aromatic N) is 4. The Morgan fingerprint density at radius 2 is 2.07 bits per heavy atom. The number of ether oxygens (including phenoxy) is 2. The molecular weight excluding hydrogens is 372 g/mol. The van der Waals surface area contributed by atoms with Crippen molar-refractivity contribution in [3.8, 4) is 11.5 Å². The van der Waals surface area contributed by atoms with Gasteiger partial charge in [-0.05, 0) is 25.1 Å². The molecule has 0 radical (unpaired) electrons. The first-order chi connectivity index (χ1) is 14.1. The predicted octanol–water partition coefficient (Wildman–Crippen LogP) is 2.62. The van der Waals surface area contributed by atoms with Crippen molar-refractivity contribution < 1.29 is 14.3 Å². The van der Waals surface area contributed by atoms with Crippen LogP contribution in [0.15, 0.2) is 60.3 Å². The quantitative estimate of drug-likeness (QED) is 0.688. The van der Waals surface area contributed by atoms with Crippen molar-refractivity contribution in [1.29, 1.82) is 0 Å². The molecule has 3 heterocycles. The fraction of sp³-hybridized carbons (Fsp3) is 0.200. The van der Waals surface area contributed by atoms with Gasteiger partial charge in [-0.25, -0.2) is 4.68 Å². The van der Waals surface area contributed by atoms with Gasteiger partial charge in [0.2, 0.25) is 5.95 Å². The second kappa shape index (κ2) is 7.63. The number of anilines is 2. The van der Waals surface area contributed by atoms with Crippen LogP contribution in [0.4, 0.5) is 11.6 Å². The number of carbonyl (C=O) groups excluding carboxylic acids is 1. The SMILES string of the molecule is COc1cccc([C@H]2C(C(=O)Nc3cccnc3)=C(C)Nc3ncnn32)c1OC. The maximum absolute atomic E-state index is 13.3. The summed E-state index contributed by atoms with van der Waals surface area (Å²) in [5, 5.41) is 10.4. The minimum Gasteiger partial charge on any atom is -0.493 e. The van der Waals surface area contributed by atoms with Crippen molar-refractivity contribution in [2.75, 3.05) is 24.9 Å². The van der Waals surface area contributed by atoms with Crippen molar-refractivity contribution in [1.82, 2.24) is 19.7 Å². The van der Waals surface area contributed by atoms with E-state index in [4.69, 9.17) is 9.47 Å². The van der Waals surface area contributed by atoms with Gasteiger partial charge in [0, 0.05) is 17.5 Å². The Morgan fingerprint density at radius 3 is 2.79 bits per heavy atom. The maximum atomic E-state index is 13.3. The number of rotatable bonds is 5. The van der Waals surface area contributed by atoms with Gasteiger partial charge < -0.3 is 20.1 Å². The monoisotopic (exact) mass is 392 g/mol. The van der Waals surface area contributed by atoms with Gasteiger partial charge in [0.05, 0.1) is 31.7 Å². The molecule has 148 valence electrons. The third-order valence-electron chi connectivity index (χ3n) is 4.69. The van der Waals surface area contributed by atoms with E-state index in [9.17, 15) is 4.79 Å². The number of hydrogen-bond donors (Lipinski definition) is 2. The second-order valence-corrected chi connectivity index (χ2v) is 6.37. The van der Waals surface area contributed by atoms with Crippen LogP contribution >= 0.6 is 0 Å². The van der Waals surface area contributed by atoms with E-state index in [1.54, 1.807) is 49.5 Å². The number of aromatic nitrogens is 4. The molecule has 2 N–H and O–H groups in total. The van der Waals surface area contributed by atoms with E-state index in [0.717, 1.165) is 5.56 Å². The third-order valence-corrected chi connectivity index (χ3v) is 4.69. The largest absolute Gasteiger partial charge is 0.493 e. The molecule has 29 heavy (non-hydrogen) atoms. The van der Waals surface area contributed by atoms with Crippen molar-refractivity contribution in [3.05, 3.63) is 65.9 Å². The van der Waals surface area contributed by atoms with Gasteiger partial charge >= 0.3 is 0 Å². The summed E-state index contributed by atoms with van der Waals surface area (Å²) in [6.45, 7) is 1.83. The number of amides is 1. The molecular formula is C20H20N6O3. The van der Waals surface area contributed by atoms with Gasteiger partial charge in [0.15, 0.2) is 11.5 Å². The average molecular weight is 392 g/mol. The lowest BCUT2D eigenvalue weighted by molar-refractivity contribution is -0.113. The van der Waals surface area contributed by atoms with E-state index in [2.05, 4.69) is 25.7 Å². The summed E-state index contributed by atoms with van der Waals surface area (Å²) in [5.74, 6) is 1.35. The average Bonchev–Trinajstić information content (AvgIpc) is 3.20. The van der Waals surface area contributed by atoms with Crippen LogP contribution in [0.2, 0.25) is 0 Å². The number of para-hydroxylation sites is 1. The van der Waals surface area contributed by atoms with E-state index in [-0.39, 0.29) is 5.91 Å². The van der Waals surface area contributed by atoms with Gasteiger partial charge in [0.25, 0.3) is 5.91 Å². The topological polar surface area (TPSA) is 103 Å². The van der Waals surface area contributed by atoms with Crippen LogP contribution in [-0.2, 0) is 4.79 Å². The maximum Gasteiger partial charge on any atom is 0.255 e. The molecule has 0 unspecified atom stereocenters. The molecule has 1 aromatic carbocycles. The zero-order valence-corrected chi connectivity index (χ0v) is 16.2. The lowest BCUT2D eigenvalue weighted by Crippen LogP contribution is -2.31. The number of carbonyl (C=O) groups is 1. The zero-order valence-electron chi connectivity index (χ0n) is 16.2. The molecule has 0 fully saturated rings. The number of allylic oxidation sites excluding steroid dienone is 1. The van der Waals surface area contributed by atoms with Crippen LogP contribution in [-0.4, -0.2) is 39.9 Å². The zero-order chi connectivity index (χ0) is 20.4. The van der Waals surface area contributed by atoms with Crippen LogP contribution < -0.4 is 20.1 Å². The molecule has 1 atom stereocenters. The molecule has 0 saturated carbocycles. The molecule has 0 aliphatic carbocycles. The Labute approximate surface area is 167 Å². The fourth-order valence-corrected chi connectivity index (χ4v) is 3.44. The first kappa shape index (κ1) is 18.5. The number of methoxy groups -OCH3 is 2. The van der Waals surface area contributed by atoms with Gasteiger partial charge in [-0.2, -0.15) is 10.1 Å². The molecule has 0 bridgehead atoms. The van der Waals surface area contributed by atoms with Crippen LogP contribution in [0.1, 0.15) is 18.5 Å². The number of hydrogen-bond acceptors (Lipinski definition) is 7. The van der Waals surface area contributed by atoms with Gasteiger partial charge in [0.1, 0.15) is 12.4 Å². The number of benzene rings is 1. The lowest BCUT2D eigenvalue weighted by Gasteiger charge is -2.29. The van der Waals surface area contributed by atoms with Gasteiger partial charge in [-0.15, -0.1) is 0 Å². The first-order valence-corrected chi connectivity index (χ1v) is 8.93. The smallest absolute Gasteiger partial charge is 0.255 e. The predicted molar refractivity (Wildman–Crippen MR) is 107 cm³/mol. The van der Waals surface area contributed by atoms with Gasteiger partial charge in [-0.1, -0.05) is 12.1 Å². The Bertz CT molecular complexity index is 1080. The highest BCUT2D eigenvalue weighted by Crippen LogP contribution is 2.42. The standard InChI is InChI=1S/C20H20N6O3/c1-12-16(19(27)25-13-6-5-9-21-10-13)17(26-20(24-12)22-11-23-26)14-7-4-8-15(28-2)18(14)29-3/h4-11,17H,1-3H3,(H,25,27)(H,22,23,24)/t17-/m0/s1. The molecule has 2 aromatic heterocycles. The normalized spacial score (nSPS) is 15.3. The number of nitrogens with one attached hydrogen (secondary N) is 2. The second-order valence-electron chi connectivity index (χ2n) is 6.37. The van der Waals surface area contributed by atoms with E-state index in [1.807, 2.05) is 19.1 Å². The Hall–Kier alpha value is -3.88. The Morgan fingerprint density at radius 1 is 1.21 bits per heavy atom. The molecule has 1 amide bonds. The van der Waals surface area contributed by atoms with Gasteiger partial charge in [-0.3, -0.25) is 9.78 Å². The van der Waals surface area contributed by atoms with Crippen LogP contribution in [0.25, 0.3) is 0 Å². The number of fused-ring (bicyclic) bond motifs is 1. The minimum atomic E-state index is -0.560. The summed E-state index contributed by atoms with van der Waals surface area (Å²) in [4.78, 5) is 21.6. The minimum absolute atomic E-state index is 0.279. The highest BCUT2D eigenvalue weighted by molar-refractivity contribution is 6.06. The molecule has 9 heteroatoms. The van der Waals surface area contributed by atoms with E-state index in [1.165, 1.54) is 6.33 Å². The highest BCUT2D eigenvalue weighted by Gasteiger charge is 2.35. The van der Waals surface area contributed by atoms with E-state index in [0.29, 0.717) is 34.4 Å². The molecule has 4 rings (SSSR count). The van der Waals surface area contributed by atoms with E-state index >= 15 is 0 Å². The van der Waals surface area contributed by atoms with Crippen LogP contribution in [0.5, 0.6) is 11.5 Å². The summed E-state index contributed by atoms with van der Waals surface area (Å²) in [6.07, 6.45) is 4.68. The van der Waals surface area contributed by atoms with Crippen molar-refractivity contribution in [3.63, 3.8) is 0 Å². The third kappa shape index (κ3) is 3.27. The molecule has 9 nitrogen and oxygen atoms in total. The summed E-state index contributed by atoms with van der Waals surface area (Å²) < 4.78 is 12.7. The highest BCUT2D eigenvalue weighted by atomic mass is 16.5. The van der Waals surface area contributed by atoms with Crippen molar-refractivity contribution in [2.45, 2.75) is 13.0 Å². The van der Waals surface area contributed by atoms with Crippen molar-refractivity contribution in [2.24, 2.45) is 0 Å². The van der Waals surface area contributed by atoms with E-state index < -0.39 is 6.04 Å². The number of pyridine rings is 1. The molecule has 0 spiro atoms. The van der Waals surface area contributed by atoms with Crippen LogP contribution in [0.3, 0.4) is 0 Å².